The van der Waals surface area contributed by atoms with Crippen LogP contribution in [-0.4, -0.2) is 26.3 Å². The maximum absolute atomic E-state index is 10.4. The van der Waals surface area contributed by atoms with Crippen LogP contribution in [-0.2, 0) is 6.54 Å². The Bertz CT molecular complexity index is 574. The number of rotatable bonds is 5. The lowest BCUT2D eigenvalue weighted by Crippen LogP contribution is -2.09. The zero-order valence-electron chi connectivity index (χ0n) is 10.7. The smallest absolute Gasteiger partial charge is 0.490 e. The highest BCUT2D eigenvalue weighted by Gasteiger charge is 2.12. The predicted molar refractivity (Wildman–Crippen MR) is 68.1 cm³/mol. The number of nitrogens with zero attached hydrogens (tertiary/aromatic N) is 4. The Hall–Kier alpha value is -2.44. The second kappa shape index (κ2) is 5.47. The fourth-order valence-corrected chi connectivity index (χ4v) is 1.75. The van der Waals surface area contributed by atoms with E-state index in [0.717, 1.165) is 16.9 Å². The number of hydrogen-bond acceptors (Lipinski definition) is 5. The highest BCUT2D eigenvalue weighted by molar-refractivity contribution is 5.32. The summed E-state index contributed by atoms with van der Waals surface area (Å²) in [5, 5.41) is 14.1. The molecule has 0 aliphatic carbocycles. The highest BCUT2D eigenvalue weighted by atomic mass is 16.6. The molecule has 1 aromatic heterocycles. The van der Waals surface area contributed by atoms with Crippen molar-refractivity contribution in [3.05, 3.63) is 45.8 Å². The van der Waals surface area contributed by atoms with Crippen LogP contribution in [0.15, 0.2) is 24.5 Å². The summed E-state index contributed by atoms with van der Waals surface area (Å²) in [6.45, 7) is 4.79. The first-order valence-electron chi connectivity index (χ1n) is 5.79. The lowest BCUT2D eigenvalue weighted by molar-refractivity contribution is -0.394. The van der Waals surface area contributed by atoms with Crippen LogP contribution >= 0.6 is 0 Å². The summed E-state index contributed by atoms with van der Waals surface area (Å²) in [4.78, 5) is 13.4. The van der Waals surface area contributed by atoms with Crippen LogP contribution in [0.25, 0.3) is 0 Å². The van der Waals surface area contributed by atoms with Crippen molar-refractivity contribution < 1.29 is 9.66 Å². The van der Waals surface area contributed by atoms with Gasteiger partial charge < -0.3 is 14.9 Å². The van der Waals surface area contributed by atoms with Crippen molar-refractivity contribution in [2.45, 2.75) is 20.4 Å². The van der Waals surface area contributed by atoms with Gasteiger partial charge in [-0.2, -0.15) is 4.68 Å². The van der Waals surface area contributed by atoms with Crippen LogP contribution in [0.3, 0.4) is 0 Å². The molecule has 0 spiro atoms. The van der Waals surface area contributed by atoms with Crippen LogP contribution in [0.4, 0.5) is 5.95 Å². The van der Waals surface area contributed by atoms with Gasteiger partial charge >= 0.3 is 5.95 Å². The number of aromatic nitrogens is 3. The molecule has 0 saturated heterocycles. The van der Waals surface area contributed by atoms with Gasteiger partial charge in [-0.15, -0.1) is 0 Å². The Morgan fingerprint density at radius 2 is 2.00 bits per heavy atom. The standard InChI is InChI=1S/C12H14N4O3/c1-9-5-10(2)7-11(6-9)19-4-3-15-8-13-12(14-15)16(17)18/h5-8H,3-4H2,1-2H3. The maximum Gasteiger partial charge on any atom is 0.490 e. The number of ether oxygens (including phenoxy) is 1. The van der Waals surface area contributed by atoms with Crippen molar-refractivity contribution in [3.63, 3.8) is 0 Å². The Morgan fingerprint density at radius 3 is 2.58 bits per heavy atom. The largest absolute Gasteiger partial charge is 0.492 e. The number of hydrogen-bond donors (Lipinski definition) is 0. The van der Waals surface area contributed by atoms with E-state index in [1.165, 1.54) is 11.0 Å². The van der Waals surface area contributed by atoms with Gasteiger partial charge in [-0.3, -0.25) is 0 Å². The summed E-state index contributed by atoms with van der Waals surface area (Å²) in [6, 6.07) is 5.95. The predicted octanol–water partition coefficient (Wildman–Crippen LogP) is 1.88. The van der Waals surface area contributed by atoms with Crippen LogP contribution in [0, 0.1) is 24.0 Å². The normalized spacial score (nSPS) is 10.4. The molecule has 1 heterocycles. The summed E-state index contributed by atoms with van der Waals surface area (Å²) < 4.78 is 6.97. The maximum atomic E-state index is 10.4. The minimum Gasteiger partial charge on any atom is -0.492 e. The Labute approximate surface area is 110 Å². The van der Waals surface area contributed by atoms with Crippen LogP contribution < -0.4 is 4.74 Å². The topological polar surface area (TPSA) is 83.1 Å². The van der Waals surface area contributed by atoms with Gasteiger partial charge in [-0.1, -0.05) is 11.1 Å². The van der Waals surface area contributed by atoms with E-state index < -0.39 is 10.9 Å². The third kappa shape index (κ3) is 3.51. The van der Waals surface area contributed by atoms with Crippen LogP contribution in [0.2, 0.25) is 0 Å². The van der Waals surface area contributed by atoms with Gasteiger partial charge in [0.1, 0.15) is 12.4 Å². The van der Waals surface area contributed by atoms with E-state index >= 15 is 0 Å². The summed E-state index contributed by atoms with van der Waals surface area (Å²) in [7, 11) is 0. The quantitative estimate of drug-likeness (QED) is 0.606. The van der Waals surface area contributed by atoms with Gasteiger partial charge in [0.2, 0.25) is 6.33 Å². The van der Waals surface area contributed by atoms with E-state index in [-0.39, 0.29) is 0 Å². The number of benzene rings is 1. The van der Waals surface area contributed by atoms with E-state index in [9.17, 15) is 10.1 Å². The van der Waals surface area contributed by atoms with E-state index in [1.807, 2.05) is 26.0 Å². The molecule has 0 aliphatic rings. The molecule has 2 aromatic rings. The molecule has 2 rings (SSSR count). The zero-order chi connectivity index (χ0) is 13.8. The molecule has 0 unspecified atom stereocenters. The van der Waals surface area contributed by atoms with Gasteiger partial charge in [-0.05, 0) is 42.0 Å². The van der Waals surface area contributed by atoms with Gasteiger partial charge in [0, 0.05) is 5.10 Å². The van der Waals surface area contributed by atoms with Gasteiger partial charge in [-0.25, -0.2) is 0 Å². The van der Waals surface area contributed by atoms with Gasteiger partial charge in [0.15, 0.2) is 0 Å². The Balaban J connectivity index is 1.90. The lowest BCUT2D eigenvalue weighted by atomic mass is 10.1. The van der Waals surface area contributed by atoms with Crippen molar-refractivity contribution in [3.8, 4) is 5.75 Å². The third-order valence-corrected chi connectivity index (χ3v) is 2.47. The number of aryl methyl sites for hydroxylation is 2. The first-order chi connectivity index (χ1) is 9.04. The molecule has 1 aromatic carbocycles. The number of nitro groups is 1. The van der Waals surface area contributed by atoms with Gasteiger partial charge in [0.25, 0.3) is 0 Å². The molecular formula is C12H14N4O3. The van der Waals surface area contributed by atoms with Crippen molar-refractivity contribution in [1.29, 1.82) is 0 Å². The molecule has 0 bridgehead atoms. The molecular weight excluding hydrogens is 248 g/mol. The highest BCUT2D eigenvalue weighted by Crippen LogP contribution is 2.16. The summed E-state index contributed by atoms with van der Waals surface area (Å²) in [6.07, 6.45) is 1.32. The van der Waals surface area contributed by atoms with E-state index in [0.29, 0.717) is 13.2 Å². The lowest BCUT2D eigenvalue weighted by Gasteiger charge is -2.07. The molecule has 0 aliphatic heterocycles. The minimum atomic E-state index is -0.624. The molecule has 100 valence electrons. The van der Waals surface area contributed by atoms with Gasteiger partial charge in [0.05, 0.1) is 6.54 Å². The Kier molecular flexibility index (Phi) is 3.74. The van der Waals surface area contributed by atoms with E-state index in [1.54, 1.807) is 0 Å². The second-order valence-electron chi connectivity index (χ2n) is 4.24. The third-order valence-electron chi connectivity index (χ3n) is 2.47. The molecule has 7 nitrogen and oxygen atoms in total. The van der Waals surface area contributed by atoms with Crippen molar-refractivity contribution in [2.75, 3.05) is 6.61 Å². The molecule has 7 heteroatoms. The summed E-state index contributed by atoms with van der Waals surface area (Å²) in [5.74, 6) is 0.388. The summed E-state index contributed by atoms with van der Waals surface area (Å²) >= 11 is 0. The van der Waals surface area contributed by atoms with E-state index in [4.69, 9.17) is 4.74 Å². The molecule has 0 fully saturated rings. The second-order valence-corrected chi connectivity index (χ2v) is 4.24. The van der Waals surface area contributed by atoms with Crippen molar-refractivity contribution in [1.82, 2.24) is 14.8 Å². The van der Waals surface area contributed by atoms with Crippen molar-refractivity contribution >= 4 is 5.95 Å². The van der Waals surface area contributed by atoms with E-state index in [2.05, 4.69) is 16.1 Å². The molecule has 0 atom stereocenters. The first kappa shape index (κ1) is 13.0. The summed E-state index contributed by atoms with van der Waals surface area (Å²) in [5.41, 5.74) is 2.26. The monoisotopic (exact) mass is 262 g/mol. The Morgan fingerprint density at radius 1 is 1.32 bits per heavy atom. The van der Waals surface area contributed by atoms with Crippen LogP contribution in [0.5, 0.6) is 5.75 Å². The molecule has 0 saturated carbocycles. The zero-order valence-corrected chi connectivity index (χ0v) is 10.7. The fraction of sp³-hybridized carbons (Fsp3) is 0.333. The molecule has 0 amide bonds. The SMILES string of the molecule is Cc1cc(C)cc(OCCn2cnc([N+](=O)[O-])n2)c1. The average Bonchev–Trinajstić information content (AvgIpc) is 2.76. The molecule has 0 radical (unpaired) electrons. The first-order valence-corrected chi connectivity index (χ1v) is 5.79. The molecule has 0 N–H and O–H groups in total. The molecule has 19 heavy (non-hydrogen) atoms. The van der Waals surface area contributed by atoms with Crippen molar-refractivity contribution in [2.24, 2.45) is 0 Å². The van der Waals surface area contributed by atoms with Crippen LogP contribution in [0.1, 0.15) is 11.1 Å². The average molecular weight is 262 g/mol. The minimum absolute atomic E-state index is 0.378. The fourth-order valence-electron chi connectivity index (χ4n) is 1.75.